The molecule has 196 valence electrons. The fourth-order valence-corrected chi connectivity index (χ4v) is 5.72. The molecule has 6 nitrogen and oxygen atoms in total. The smallest absolute Gasteiger partial charge is 0.308 e. The van der Waals surface area contributed by atoms with E-state index >= 15 is 0 Å². The zero-order valence-corrected chi connectivity index (χ0v) is 22.6. The Kier molecular flexibility index (Phi) is 7.40. The van der Waals surface area contributed by atoms with Gasteiger partial charge in [-0.05, 0) is 61.3 Å². The highest BCUT2D eigenvalue weighted by Crippen LogP contribution is 2.48. The summed E-state index contributed by atoms with van der Waals surface area (Å²) >= 11 is 0. The Morgan fingerprint density at radius 1 is 1.11 bits per heavy atom. The maximum absolute atomic E-state index is 11.5. The normalized spacial score (nSPS) is 17.8. The van der Waals surface area contributed by atoms with E-state index in [0.717, 1.165) is 30.8 Å². The number of fused-ring (bicyclic) bond motifs is 2. The van der Waals surface area contributed by atoms with E-state index < -0.39 is 18.2 Å². The van der Waals surface area contributed by atoms with Crippen LogP contribution in [0.2, 0.25) is 0 Å². The molecule has 4 rings (SSSR count). The quantitative estimate of drug-likeness (QED) is 0.511. The number of methoxy groups -OCH3 is 1. The highest BCUT2D eigenvalue weighted by Gasteiger charge is 2.38. The Bertz CT molecular complexity index is 1090. The minimum absolute atomic E-state index is 0.113. The van der Waals surface area contributed by atoms with Gasteiger partial charge in [0.1, 0.15) is 11.4 Å². The van der Waals surface area contributed by atoms with E-state index in [9.17, 15) is 15.0 Å². The van der Waals surface area contributed by atoms with Crippen molar-refractivity contribution in [1.82, 2.24) is 0 Å². The van der Waals surface area contributed by atoms with Gasteiger partial charge in [-0.3, -0.25) is 4.79 Å². The van der Waals surface area contributed by atoms with Crippen LogP contribution in [0.4, 0.5) is 5.69 Å². The number of carbonyl (C=O) groups excluding carboxylic acids is 1. The van der Waals surface area contributed by atoms with E-state index in [1.807, 2.05) is 0 Å². The molecule has 6 heteroatoms. The lowest BCUT2D eigenvalue weighted by Gasteiger charge is -2.33. The van der Waals surface area contributed by atoms with Crippen molar-refractivity contribution in [1.29, 1.82) is 0 Å². The van der Waals surface area contributed by atoms with Crippen LogP contribution in [0, 0.1) is 0 Å². The van der Waals surface area contributed by atoms with Crippen LogP contribution in [-0.4, -0.2) is 41.1 Å². The lowest BCUT2D eigenvalue weighted by atomic mass is 9.79. The van der Waals surface area contributed by atoms with Crippen LogP contribution >= 0.6 is 0 Å². The van der Waals surface area contributed by atoms with E-state index in [1.54, 1.807) is 0 Å². The predicted molar refractivity (Wildman–Crippen MR) is 141 cm³/mol. The van der Waals surface area contributed by atoms with Crippen LogP contribution in [0.5, 0.6) is 5.75 Å². The monoisotopic (exact) mass is 495 g/mol. The number of aliphatic hydroxyl groups excluding tert-OH is 2. The molecule has 0 aliphatic carbocycles. The third kappa shape index (κ3) is 5.70. The summed E-state index contributed by atoms with van der Waals surface area (Å²) in [6.45, 7) is 12.7. The Balaban J connectivity index is 1.67. The number of aliphatic hydroxyl groups is 2. The first kappa shape index (κ1) is 26.5. The Labute approximate surface area is 215 Å². The van der Waals surface area contributed by atoms with Crippen molar-refractivity contribution >= 4 is 11.7 Å². The summed E-state index contributed by atoms with van der Waals surface area (Å²) in [6.07, 6.45) is 0.307. The number of hydrogen-bond acceptors (Lipinski definition) is 6. The molecule has 2 aromatic rings. The maximum Gasteiger partial charge on any atom is 0.308 e. The number of hydrogen-bond donors (Lipinski definition) is 2. The minimum atomic E-state index is -0.926. The number of ether oxygens (including phenoxy) is 2. The summed E-state index contributed by atoms with van der Waals surface area (Å²) in [5.41, 5.74) is 7.18. The standard InChI is InChI=1S/C30H41NO5/c1-29(2,3)27-24(12-11-22(32)14-23(33)15-26(34)35-6)28-21(16-30(4,5)36-28)13-25(27)31-17-19-9-7-8-10-20(19)18-31/h7-10,13,22-23,32-33H,11-12,14-18H2,1-6H3. The fourth-order valence-electron chi connectivity index (χ4n) is 5.72. The van der Waals surface area contributed by atoms with Gasteiger partial charge in [-0.2, -0.15) is 0 Å². The molecule has 0 spiro atoms. The largest absolute Gasteiger partial charge is 0.487 e. The average Bonchev–Trinajstić information content (AvgIpc) is 3.35. The molecule has 2 aliphatic heterocycles. The molecule has 2 aliphatic rings. The summed E-state index contributed by atoms with van der Waals surface area (Å²) in [4.78, 5) is 14.0. The molecule has 0 radical (unpaired) electrons. The van der Waals surface area contributed by atoms with E-state index in [-0.39, 0.29) is 23.9 Å². The summed E-state index contributed by atoms with van der Waals surface area (Å²) in [5, 5.41) is 21.0. The predicted octanol–water partition coefficient (Wildman–Crippen LogP) is 4.83. The maximum atomic E-state index is 11.5. The van der Waals surface area contributed by atoms with Crippen molar-refractivity contribution in [2.24, 2.45) is 0 Å². The van der Waals surface area contributed by atoms with Gasteiger partial charge in [-0.15, -0.1) is 0 Å². The summed E-state index contributed by atoms with van der Waals surface area (Å²) in [7, 11) is 1.30. The fraction of sp³-hybridized carbons (Fsp3) is 0.567. The SMILES string of the molecule is COC(=O)CC(O)CC(O)CCc1c2c(cc(N3Cc4ccccc4C3)c1C(C)(C)C)CC(C)(C)O2. The molecule has 2 N–H and O–H groups in total. The van der Waals surface area contributed by atoms with Crippen molar-refractivity contribution in [3.05, 3.63) is 58.1 Å². The molecular formula is C30H41NO5. The van der Waals surface area contributed by atoms with Crippen molar-refractivity contribution < 1.29 is 24.5 Å². The molecule has 0 saturated heterocycles. The van der Waals surface area contributed by atoms with Crippen molar-refractivity contribution in [2.75, 3.05) is 12.0 Å². The Hall–Kier alpha value is -2.57. The van der Waals surface area contributed by atoms with Crippen LogP contribution in [0.25, 0.3) is 0 Å². The summed E-state index contributed by atoms with van der Waals surface area (Å²) < 4.78 is 11.1. The molecule has 0 saturated carbocycles. The van der Waals surface area contributed by atoms with Gasteiger partial charge < -0.3 is 24.6 Å². The number of benzene rings is 2. The zero-order chi connectivity index (χ0) is 26.3. The van der Waals surface area contributed by atoms with Crippen LogP contribution in [0.15, 0.2) is 30.3 Å². The second-order valence-electron chi connectivity index (χ2n) is 12.0. The molecule has 0 bridgehead atoms. The molecule has 0 aromatic heterocycles. The molecule has 2 aromatic carbocycles. The Morgan fingerprint density at radius 2 is 1.75 bits per heavy atom. The van der Waals surface area contributed by atoms with Crippen molar-refractivity contribution in [3.63, 3.8) is 0 Å². The van der Waals surface area contributed by atoms with Gasteiger partial charge >= 0.3 is 5.97 Å². The van der Waals surface area contributed by atoms with E-state index in [4.69, 9.17) is 4.74 Å². The Morgan fingerprint density at radius 3 is 2.33 bits per heavy atom. The van der Waals surface area contributed by atoms with Gasteiger partial charge in [0.25, 0.3) is 0 Å². The lowest BCUT2D eigenvalue weighted by Crippen LogP contribution is -2.26. The van der Waals surface area contributed by atoms with Gasteiger partial charge in [0.15, 0.2) is 0 Å². The second-order valence-corrected chi connectivity index (χ2v) is 12.0. The highest BCUT2D eigenvalue weighted by molar-refractivity contribution is 5.70. The van der Waals surface area contributed by atoms with Gasteiger partial charge in [0, 0.05) is 36.3 Å². The molecule has 2 unspecified atom stereocenters. The van der Waals surface area contributed by atoms with Crippen LogP contribution in [-0.2, 0) is 40.9 Å². The summed E-state index contributed by atoms with van der Waals surface area (Å²) in [5.74, 6) is 0.477. The van der Waals surface area contributed by atoms with Gasteiger partial charge in [-0.25, -0.2) is 0 Å². The zero-order valence-electron chi connectivity index (χ0n) is 22.6. The number of rotatable bonds is 8. The van der Waals surface area contributed by atoms with Gasteiger partial charge in [0.2, 0.25) is 0 Å². The molecular weight excluding hydrogens is 454 g/mol. The van der Waals surface area contributed by atoms with Crippen LogP contribution in [0.3, 0.4) is 0 Å². The topological polar surface area (TPSA) is 79.2 Å². The third-order valence-corrected chi connectivity index (χ3v) is 7.26. The number of nitrogens with zero attached hydrogens (tertiary/aromatic N) is 1. The molecule has 0 amide bonds. The molecule has 2 atom stereocenters. The average molecular weight is 496 g/mol. The highest BCUT2D eigenvalue weighted by atomic mass is 16.5. The lowest BCUT2D eigenvalue weighted by molar-refractivity contribution is -0.143. The van der Waals surface area contributed by atoms with E-state index in [1.165, 1.54) is 35.1 Å². The van der Waals surface area contributed by atoms with Crippen LogP contribution < -0.4 is 9.64 Å². The number of esters is 1. The van der Waals surface area contributed by atoms with Crippen molar-refractivity contribution in [2.45, 2.75) is 103 Å². The molecule has 2 heterocycles. The van der Waals surface area contributed by atoms with Gasteiger partial charge in [0.05, 0.1) is 25.7 Å². The molecule has 0 fully saturated rings. The van der Waals surface area contributed by atoms with E-state index in [2.05, 4.69) is 74.6 Å². The van der Waals surface area contributed by atoms with Crippen molar-refractivity contribution in [3.8, 4) is 5.75 Å². The first-order valence-electron chi connectivity index (χ1n) is 13.0. The first-order valence-corrected chi connectivity index (χ1v) is 13.0. The second kappa shape index (κ2) is 10.1. The first-order chi connectivity index (χ1) is 16.9. The van der Waals surface area contributed by atoms with E-state index in [0.29, 0.717) is 12.8 Å². The summed E-state index contributed by atoms with van der Waals surface area (Å²) in [6, 6.07) is 11.0. The number of carbonyl (C=O) groups is 1. The number of anilines is 1. The third-order valence-electron chi connectivity index (χ3n) is 7.26. The van der Waals surface area contributed by atoms with Gasteiger partial charge in [-0.1, -0.05) is 45.0 Å². The molecule has 36 heavy (non-hydrogen) atoms. The minimum Gasteiger partial charge on any atom is -0.487 e. The van der Waals surface area contributed by atoms with Crippen LogP contribution in [0.1, 0.15) is 81.7 Å².